The number of hydrogen-bond acceptors (Lipinski definition) is 4. The normalized spacial score (nSPS) is 15.1. The molecule has 4 rings (SSSR count). The SMILES string of the molecule is Cc1cccc(Cn2nc(CC3CCNCC3)n(-c3ccccc3)c2=O)n1. The Labute approximate surface area is 158 Å². The molecule has 0 amide bonds. The maximum atomic E-state index is 13.1. The summed E-state index contributed by atoms with van der Waals surface area (Å²) in [7, 11) is 0. The van der Waals surface area contributed by atoms with Gasteiger partial charge in [0.15, 0.2) is 0 Å². The van der Waals surface area contributed by atoms with E-state index in [4.69, 9.17) is 5.10 Å². The molecule has 0 bridgehead atoms. The third kappa shape index (κ3) is 4.01. The topological polar surface area (TPSA) is 64.7 Å². The summed E-state index contributed by atoms with van der Waals surface area (Å²) >= 11 is 0. The highest BCUT2D eigenvalue weighted by atomic mass is 16.2. The maximum absolute atomic E-state index is 13.1. The smallest absolute Gasteiger partial charge is 0.317 e. The highest BCUT2D eigenvalue weighted by Crippen LogP contribution is 2.18. The number of nitrogens with one attached hydrogen (secondary N) is 1. The second kappa shape index (κ2) is 7.88. The van der Waals surface area contributed by atoms with Crippen LogP contribution >= 0.6 is 0 Å². The van der Waals surface area contributed by atoms with Crippen molar-refractivity contribution in [2.75, 3.05) is 13.1 Å². The lowest BCUT2D eigenvalue weighted by Gasteiger charge is -2.22. The minimum absolute atomic E-state index is 0.103. The van der Waals surface area contributed by atoms with Crippen molar-refractivity contribution in [2.24, 2.45) is 5.92 Å². The van der Waals surface area contributed by atoms with Crippen molar-refractivity contribution in [3.63, 3.8) is 0 Å². The molecule has 0 atom stereocenters. The number of nitrogens with zero attached hydrogens (tertiary/aromatic N) is 4. The first-order valence-electron chi connectivity index (χ1n) is 9.58. The Morgan fingerprint density at radius 2 is 1.85 bits per heavy atom. The number of rotatable bonds is 5. The molecular formula is C21H25N5O. The van der Waals surface area contributed by atoms with Crippen molar-refractivity contribution in [1.29, 1.82) is 0 Å². The zero-order valence-corrected chi connectivity index (χ0v) is 15.6. The number of benzene rings is 1. The maximum Gasteiger partial charge on any atom is 0.350 e. The number of pyridine rings is 1. The number of aromatic nitrogens is 4. The lowest BCUT2D eigenvalue weighted by molar-refractivity contribution is 0.365. The van der Waals surface area contributed by atoms with Crippen molar-refractivity contribution >= 4 is 0 Å². The van der Waals surface area contributed by atoms with E-state index in [9.17, 15) is 4.79 Å². The van der Waals surface area contributed by atoms with E-state index < -0.39 is 0 Å². The van der Waals surface area contributed by atoms with Crippen LogP contribution in [0.25, 0.3) is 5.69 Å². The molecule has 0 unspecified atom stereocenters. The second-order valence-electron chi connectivity index (χ2n) is 7.20. The monoisotopic (exact) mass is 363 g/mol. The summed E-state index contributed by atoms with van der Waals surface area (Å²) < 4.78 is 3.31. The summed E-state index contributed by atoms with van der Waals surface area (Å²) in [5, 5.41) is 8.11. The molecule has 1 N–H and O–H groups in total. The van der Waals surface area contributed by atoms with Crippen LogP contribution in [0.2, 0.25) is 0 Å². The standard InChI is InChI=1S/C21H25N5O/c1-16-6-5-7-18(23-16)15-25-21(27)26(19-8-3-2-4-9-19)20(24-25)14-17-10-12-22-13-11-17/h2-9,17,22H,10-15H2,1H3. The third-order valence-electron chi connectivity index (χ3n) is 5.11. The zero-order valence-electron chi connectivity index (χ0n) is 15.6. The number of piperidine rings is 1. The Balaban J connectivity index is 1.71. The molecule has 1 fully saturated rings. The van der Waals surface area contributed by atoms with Crippen molar-refractivity contribution < 1.29 is 0 Å². The summed E-state index contributed by atoms with van der Waals surface area (Å²) in [5.74, 6) is 1.40. The van der Waals surface area contributed by atoms with Gasteiger partial charge in [0.05, 0.1) is 17.9 Å². The van der Waals surface area contributed by atoms with Crippen molar-refractivity contribution in [1.82, 2.24) is 24.6 Å². The van der Waals surface area contributed by atoms with E-state index in [2.05, 4.69) is 10.3 Å². The summed E-state index contributed by atoms with van der Waals surface area (Å²) in [6, 6.07) is 15.7. The van der Waals surface area contributed by atoms with Crippen LogP contribution in [0.3, 0.4) is 0 Å². The Bertz CT molecular complexity index is 954. The molecule has 6 nitrogen and oxygen atoms in total. The summed E-state index contributed by atoms with van der Waals surface area (Å²) in [6.45, 7) is 4.42. The van der Waals surface area contributed by atoms with Gasteiger partial charge in [-0.1, -0.05) is 24.3 Å². The molecule has 3 heterocycles. The average molecular weight is 363 g/mol. The highest BCUT2D eigenvalue weighted by Gasteiger charge is 2.21. The average Bonchev–Trinajstić information content (AvgIpc) is 2.98. The minimum atomic E-state index is -0.103. The van der Waals surface area contributed by atoms with Gasteiger partial charge in [0.25, 0.3) is 0 Å². The van der Waals surface area contributed by atoms with E-state index in [1.54, 1.807) is 9.25 Å². The zero-order chi connectivity index (χ0) is 18.6. The molecule has 140 valence electrons. The Kier molecular flexibility index (Phi) is 5.16. The number of hydrogen-bond donors (Lipinski definition) is 1. The van der Waals surface area contributed by atoms with Crippen LogP contribution in [0.5, 0.6) is 0 Å². The molecule has 0 aliphatic carbocycles. The molecular weight excluding hydrogens is 338 g/mol. The summed E-state index contributed by atoms with van der Waals surface area (Å²) in [6.07, 6.45) is 3.06. The van der Waals surface area contributed by atoms with Crippen LogP contribution in [0, 0.1) is 12.8 Å². The van der Waals surface area contributed by atoms with Gasteiger partial charge in [-0.3, -0.25) is 4.98 Å². The predicted octanol–water partition coefficient (Wildman–Crippen LogP) is 2.33. The molecule has 1 aliphatic rings. The van der Waals surface area contributed by atoms with Crippen molar-refractivity contribution in [3.05, 3.63) is 76.2 Å². The first kappa shape index (κ1) is 17.7. The summed E-state index contributed by atoms with van der Waals surface area (Å²) in [4.78, 5) is 17.7. The van der Waals surface area contributed by atoms with Gasteiger partial charge in [-0.05, 0) is 63.0 Å². The van der Waals surface area contributed by atoms with Crippen molar-refractivity contribution in [3.8, 4) is 5.69 Å². The molecule has 2 aromatic heterocycles. The number of para-hydroxylation sites is 1. The quantitative estimate of drug-likeness (QED) is 0.756. The molecule has 1 aliphatic heterocycles. The molecule has 6 heteroatoms. The molecule has 0 saturated carbocycles. The van der Waals surface area contributed by atoms with Crippen LogP contribution in [0.1, 0.15) is 30.1 Å². The minimum Gasteiger partial charge on any atom is -0.317 e. The lowest BCUT2D eigenvalue weighted by atomic mass is 9.94. The Hall–Kier alpha value is -2.73. The van der Waals surface area contributed by atoms with E-state index in [0.717, 1.165) is 55.3 Å². The lowest BCUT2D eigenvalue weighted by Crippen LogP contribution is -2.29. The molecule has 0 radical (unpaired) electrons. The summed E-state index contributed by atoms with van der Waals surface area (Å²) in [5.41, 5.74) is 2.56. The van der Waals surface area contributed by atoms with Gasteiger partial charge in [0, 0.05) is 12.1 Å². The van der Waals surface area contributed by atoms with Crippen LogP contribution in [0.4, 0.5) is 0 Å². The van der Waals surface area contributed by atoms with E-state index in [1.165, 1.54) is 0 Å². The van der Waals surface area contributed by atoms with E-state index in [-0.39, 0.29) is 5.69 Å². The molecule has 1 aromatic carbocycles. The highest BCUT2D eigenvalue weighted by molar-refractivity contribution is 5.32. The first-order chi connectivity index (χ1) is 13.2. The fraction of sp³-hybridized carbons (Fsp3) is 0.381. The Morgan fingerprint density at radius 3 is 2.59 bits per heavy atom. The van der Waals surface area contributed by atoms with Gasteiger partial charge in [-0.25, -0.2) is 14.0 Å². The van der Waals surface area contributed by atoms with Crippen LogP contribution in [-0.2, 0) is 13.0 Å². The fourth-order valence-corrected chi connectivity index (χ4v) is 3.71. The second-order valence-corrected chi connectivity index (χ2v) is 7.20. The van der Waals surface area contributed by atoms with E-state index in [0.29, 0.717) is 12.5 Å². The third-order valence-corrected chi connectivity index (χ3v) is 5.11. The molecule has 3 aromatic rings. The van der Waals surface area contributed by atoms with Gasteiger partial charge in [-0.2, -0.15) is 5.10 Å². The van der Waals surface area contributed by atoms with Gasteiger partial charge in [0.2, 0.25) is 0 Å². The largest absolute Gasteiger partial charge is 0.350 e. The molecule has 1 saturated heterocycles. The van der Waals surface area contributed by atoms with Gasteiger partial charge >= 0.3 is 5.69 Å². The van der Waals surface area contributed by atoms with Crippen molar-refractivity contribution in [2.45, 2.75) is 32.7 Å². The van der Waals surface area contributed by atoms with Crippen LogP contribution in [-0.4, -0.2) is 32.4 Å². The molecule has 0 spiro atoms. The van der Waals surface area contributed by atoms with Gasteiger partial charge in [0.1, 0.15) is 5.82 Å². The number of aryl methyl sites for hydroxylation is 1. The van der Waals surface area contributed by atoms with E-state index in [1.807, 2.05) is 55.5 Å². The Morgan fingerprint density at radius 1 is 1.07 bits per heavy atom. The van der Waals surface area contributed by atoms with Gasteiger partial charge in [-0.15, -0.1) is 0 Å². The first-order valence-corrected chi connectivity index (χ1v) is 9.58. The van der Waals surface area contributed by atoms with E-state index >= 15 is 0 Å². The fourth-order valence-electron chi connectivity index (χ4n) is 3.71. The van der Waals surface area contributed by atoms with Crippen LogP contribution < -0.4 is 11.0 Å². The van der Waals surface area contributed by atoms with Gasteiger partial charge < -0.3 is 5.32 Å². The van der Waals surface area contributed by atoms with Crippen LogP contribution in [0.15, 0.2) is 53.3 Å². The predicted molar refractivity (Wildman–Crippen MR) is 105 cm³/mol. The molecule has 27 heavy (non-hydrogen) atoms.